The van der Waals surface area contributed by atoms with Gasteiger partial charge in [0.05, 0.1) is 12.7 Å². The number of hydrogen-bond acceptors (Lipinski definition) is 4. The van der Waals surface area contributed by atoms with Crippen LogP contribution in [0.25, 0.3) is 0 Å². The van der Waals surface area contributed by atoms with E-state index in [9.17, 15) is 4.79 Å². The number of para-hydroxylation sites is 1. The first-order valence-corrected chi connectivity index (χ1v) is 7.93. The highest BCUT2D eigenvalue weighted by atomic mass is 16.5. The number of benzene rings is 2. The lowest BCUT2D eigenvalue weighted by atomic mass is 10.2. The van der Waals surface area contributed by atoms with E-state index in [-0.39, 0.29) is 5.91 Å². The van der Waals surface area contributed by atoms with Gasteiger partial charge in [-0.05, 0) is 42.5 Å². The van der Waals surface area contributed by atoms with E-state index in [1.54, 1.807) is 31.6 Å². The van der Waals surface area contributed by atoms with E-state index < -0.39 is 0 Å². The van der Waals surface area contributed by atoms with E-state index in [1.165, 1.54) is 0 Å². The molecule has 1 heterocycles. The van der Waals surface area contributed by atoms with Crippen molar-refractivity contribution in [1.82, 2.24) is 4.98 Å². The Morgan fingerprint density at radius 3 is 2.48 bits per heavy atom. The maximum atomic E-state index is 12.1. The van der Waals surface area contributed by atoms with Crippen LogP contribution in [0.3, 0.4) is 0 Å². The highest BCUT2D eigenvalue weighted by Gasteiger charge is 2.06. The van der Waals surface area contributed by atoms with E-state index in [4.69, 9.17) is 4.74 Å². The summed E-state index contributed by atoms with van der Waals surface area (Å²) in [7, 11) is 1.67. The fourth-order valence-electron chi connectivity index (χ4n) is 2.42. The summed E-state index contributed by atoms with van der Waals surface area (Å²) in [5.74, 6) is 0.679. The van der Waals surface area contributed by atoms with Gasteiger partial charge in [0.2, 0.25) is 0 Å². The average Bonchev–Trinajstić information content (AvgIpc) is 2.68. The summed E-state index contributed by atoms with van der Waals surface area (Å²) < 4.78 is 5.35. The number of hydrogen-bond donors (Lipinski definition) is 2. The number of nitrogens with zero attached hydrogens (tertiary/aromatic N) is 1. The summed E-state index contributed by atoms with van der Waals surface area (Å²) in [5.41, 5.74) is 3.31. The molecule has 3 aromatic rings. The van der Waals surface area contributed by atoms with Crippen LogP contribution < -0.4 is 15.4 Å². The number of rotatable bonds is 6. The summed E-state index contributed by atoms with van der Waals surface area (Å²) in [6, 6.07) is 18.9. The largest absolute Gasteiger partial charge is 0.496 e. The molecular weight excluding hydrogens is 314 g/mol. The molecule has 0 fully saturated rings. The second-order valence-corrected chi connectivity index (χ2v) is 5.44. The van der Waals surface area contributed by atoms with Crippen LogP contribution in [0.5, 0.6) is 5.75 Å². The van der Waals surface area contributed by atoms with Gasteiger partial charge in [0.25, 0.3) is 5.91 Å². The molecule has 1 amide bonds. The number of methoxy groups -OCH3 is 1. The Bertz CT molecular complexity index is 833. The summed E-state index contributed by atoms with van der Waals surface area (Å²) in [6.45, 7) is 0.658. The van der Waals surface area contributed by atoms with Crippen LogP contribution >= 0.6 is 0 Å². The number of nitrogens with one attached hydrogen (secondary N) is 2. The normalized spacial score (nSPS) is 10.1. The molecule has 2 aromatic carbocycles. The van der Waals surface area contributed by atoms with Gasteiger partial charge in [-0.25, -0.2) is 0 Å². The molecule has 3 rings (SSSR count). The standard InChI is InChI=1S/C20H19N3O2/c1-25-19-7-3-2-5-15(19)14-22-17-8-10-18(11-9-17)23-20(24)16-6-4-12-21-13-16/h2-13,22H,14H2,1H3,(H,23,24). The van der Waals surface area contributed by atoms with Crippen molar-refractivity contribution in [2.75, 3.05) is 17.7 Å². The summed E-state index contributed by atoms with van der Waals surface area (Å²) >= 11 is 0. The fourth-order valence-corrected chi connectivity index (χ4v) is 2.42. The Kier molecular flexibility index (Phi) is 5.26. The highest BCUT2D eigenvalue weighted by Crippen LogP contribution is 2.20. The van der Waals surface area contributed by atoms with E-state index in [1.807, 2.05) is 48.5 Å². The molecule has 5 nitrogen and oxygen atoms in total. The third-order valence-electron chi connectivity index (χ3n) is 3.74. The van der Waals surface area contributed by atoms with E-state index in [0.717, 1.165) is 22.7 Å². The molecule has 0 radical (unpaired) electrons. The van der Waals surface area contributed by atoms with Crippen molar-refractivity contribution in [1.29, 1.82) is 0 Å². The van der Waals surface area contributed by atoms with Crippen LogP contribution in [0.1, 0.15) is 15.9 Å². The average molecular weight is 333 g/mol. The Labute approximate surface area is 146 Å². The first kappa shape index (κ1) is 16.5. The maximum Gasteiger partial charge on any atom is 0.257 e. The molecule has 126 valence electrons. The van der Waals surface area contributed by atoms with E-state index >= 15 is 0 Å². The number of aromatic nitrogens is 1. The van der Waals surface area contributed by atoms with Gasteiger partial charge in [0.1, 0.15) is 5.75 Å². The van der Waals surface area contributed by atoms with Gasteiger partial charge in [0, 0.05) is 35.9 Å². The Hall–Kier alpha value is -3.34. The van der Waals surface area contributed by atoms with Crippen molar-refractivity contribution < 1.29 is 9.53 Å². The second kappa shape index (κ2) is 7.97. The molecule has 0 unspecified atom stereocenters. The smallest absolute Gasteiger partial charge is 0.257 e. The minimum absolute atomic E-state index is 0.178. The van der Waals surface area contributed by atoms with Gasteiger partial charge >= 0.3 is 0 Å². The first-order valence-electron chi connectivity index (χ1n) is 7.93. The van der Waals surface area contributed by atoms with E-state index in [2.05, 4.69) is 15.6 Å². The zero-order valence-electron chi connectivity index (χ0n) is 13.9. The predicted molar refractivity (Wildman–Crippen MR) is 99.0 cm³/mol. The van der Waals surface area contributed by atoms with Crippen LogP contribution in [0.2, 0.25) is 0 Å². The monoisotopic (exact) mass is 333 g/mol. The van der Waals surface area contributed by atoms with Crippen LogP contribution in [0.15, 0.2) is 73.1 Å². The molecule has 0 saturated carbocycles. The molecular formula is C20H19N3O2. The zero-order valence-corrected chi connectivity index (χ0v) is 13.9. The molecule has 5 heteroatoms. The van der Waals surface area contributed by atoms with Crippen LogP contribution in [-0.4, -0.2) is 18.0 Å². The predicted octanol–water partition coefficient (Wildman–Crippen LogP) is 3.95. The Balaban J connectivity index is 1.60. The number of amides is 1. The maximum absolute atomic E-state index is 12.1. The van der Waals surface area contributed by atoms with Crippen molar-refractivity contribution >= 4 is 17.3 Å². The highest BCUT2D eigenvalue weighted by molar-refractivity contribution is 6.04. The Morgan fingerprint density at radius 1 is 1.00 bits per heavy atom. The molecule has 25 heavy (non-hydrogen) atoms. The van der Waals surface area contributed by atoms with Gasteiger partial charge in [-0.15, -0.1) is 0 Å². The van der Waals surface area contributed by atoms with Gasteiger partial charge < -0.3 is 15.4 Å². The lowest BCUT2D eigenvalue weighted by Crippen LogP contribution is -2.12. The van der Waals surface area contributed by atoms with Crippen molar-refractivity contribution in [2.45, 2.75) is 6.54 Å². The van der Waals surface area contributed by atoms with Crippen molar-refractivity contribution in [3.63, 3.8) is 0 Å². The summed E-state index contributed by atoms with van der Waals surface area (Å²) in [6.07, 6.45) is 3.18. The summed E-state index contributed by atoms with van der Waals surface area (Å²) in [4.78, 5) is 16.0. The first-order chi connectivity index (χ1) is 12.3. The van der Waals surface area contributed by atoms with Gasteiger partial charge in [0.15, 0.2) is 0 Å². The third kappa shape index (κ3) is 4.35. The van der Waals surface area contributed by atoms with Crippen LogP contribution in [-0.2, 0) is 6.54 Å². The van der Waals surface area contributed by atoms with Gasteiger partial charge in [-0.2, -0.15) is 0 Å². The topological polar surface area (TPSA) is 63.2 Å². The number of carbonyl (C=O) groups is 1. The van der Waals surface area contributed by atoms with E-state index in [0.29, 0.717) is 12.1 Å². The molecule has 0 aliphatic rings. The second-order valence-electron chi connectivity index (χ2n) is 5.44. The number of carbonyl (C=O) groups excluding carboxylic acids is 1. The van der Waals surface area contributed by atoms with Gasteiger partial charge in [-0.3, -0.25) is 9.78 Å². The minimum atomic E-state index is -0.178. The molecule has 0 saturated heterocycles. The molecule has 0 aliphatic carbocycles. The zero-order chi connectivity index (χ0) is 17.5. The van der Waals surface area contributed by atoms with Crippen molar-refractivity contribution in [2.24, 2.45) is 0 Å². The SMILES string of the molecule is COc1ccccc1CNc1ccc(NC(=O)c2cccnc2)cc1. The minimum Gasteiger partial charge on any atom is -0.496 e. The molecule has 0 aliphatic heterocycles. The lowest BCUT2D eigenvalue weighted by Gasteiger charge is -2.11. The van der Waals surface area contributed by atoms with Crippen LogP contribution in [0, 0.1) is 0 Å². The number of ether oxygens (including phenoxy) is 1. The number of pyridine rings is 1. The Morgan fingerprint density at radius 2 is 1.76 bits per heavy atom. The molecule has 0 spiro atoms. The molecule has 2 N–H and O–H groups in total. The quantitative estimate of drug-likeness (QED) is 0.717. The summed E-state index contributed by atoms with van der Waals surface area (Å²) in [5, 5.41) is 6.20. The molecule has 1 aromatic heterocycles. The van der Waals surface area contributed by atoms with Crippen molar-refractivity contribution in [3.05, 3.63) is 84.2 Å². The lowest BCUT2D eigenvalue weighted by molar-refractivity contribution is 0.102. The van der Waals surface area contributed by atoms with Gasteiger partial charge in [-0.1, -0.05) is 18.2 Å². The van der Waals surface area contributed by atoms with Crippen molar-refractivity contribution in [3.8, 4) is 5.75 Å². The third-order valence-corrected chi connectivity index (χ3v) is 3.74. The fraction of sp³-hybridized carbons (Fsp3) is 0.100. The molecule has 0 bridgehead atoms. The molecule has 0 atom stereocenters. The number of anilines is 2. The van der Waals surface area contributed by atoms with Crippen LogP contribution in [0.4, 0.5) is 11.4 Å².